The number of rotatable bonds is 4. The number of hydrogen-bond donors (Lipinski definition) is 1. The van der Waals surface area contributed by atoms with Crippen LogP contribution in [0.2, 0.25) is 0 Å². The number of fused-ring (bicyclic) bond motifs is 5. The van der Waals surface area contributed by atoms with Crippen LogP contribution in [0.3, 0.4) is 0 Å². The molecule has 0 amide bonds. The number of allylic oxidation sites excluding steroid dienone is 4. The van der Waals surface area contributed by atoms with E-state index in [9.17, 15) is 0 Å². The maximum absolute atomic E-state index is 5.16. The molecule has 0 radical (unpaired) electrons. The van der Waals surface area contributed by atoms with E-state index in [1.807, 2.05) is 12.1 Å². The highest BCUT2D eigenvalue weighted by atomic mass is 14.9. The lowest BCUT2D eigenvalue weighted by Crippen LogP contribution is -2.12. The Bertz CT molecular complexity index is 2400. The summed E-state index contributed by atoms with van der Waals surface area (Å²) in [4.78, 5) is 15.2. The highest BCUT2D eigenvalue weighted by Gasteiger charge is 2.17. The third-order valence-corrected chi connectivity index (χ3v) is 9.15. The molecular weight excluding hydrogens is 560 g/mol. The topological polar surface area (TPSA) is 50.7 Å². The number of hydrogen-bond acceptors (Lipinski definition) is 4. The quantitative estimate of drug-likeness (QED) is 0.207. The molecule has 1 N–H and O–H groups in total. The largest absolute Gasteiger partial charge is 0.374 e. The predicted octanol–water partition coefficient (Wildman–Crippen LogP) is 10.6. The van der Waals surface area contributed by atoms with E-state index in [2.05, 4.69) is 139 Å². The van der Waals surface area contributed by atoms with Crippen molar-refractivity contribution >= 4 is 50.0 Å². The van der Waals surface area contributed by atoms with Gasteiger partial charge in [-0.3, -0.25) is 0 Å². The van der Waals surface area contributed by atoms with E-state index in [-0.39, 0.29) is 6.04 Å². The van der Waals surface area contributed by atoms with Gasteiger partial charge in [-0.2, -0.15) is 0 Å². The summed E-state index contributed by atoms with van der Waals surface area (Å²) in [6, 6.07) is 40.7. The number of pyridine rings is 3. The van der Waals surface area contributed by atoms with E-state index < -0.39 is 0 Å². The van der Waals surface area contributed by atoms with Gasteiger partial charge in [0.05, 0.1) is 39.7 Å². The number of aromatic nitrogens is 3. The lowest BCUT2D eigenvalue weighted by molar-refractivity contribution is 0.979. The average Bonchev–Trinajstić information content (AvgIpc) is 3.14. The van der Waals surface area contributed by atoms with Crippen molar-refractivity contribution in [2.24, 2.45) is 0 Å². The van der Waals surface area contributed by atoms with Crippen LogP contribution < -0.4 is 5.32 Å². The monoisotopic (exact) mass is 590 g/mol. The summed E-state index contributed by atoms with van der Waals surface area (Å²) in [5.41, 5.74) is 12.8. The molecule has 46 heavy (non-hydrogen) atoms. The highest BCUT2D eigenvalue weighted by Crippen LogP contribution is 2.35. The van der Waals surface area contributed by atoms with E-state index >= 15 is 0 Å². The Hall–Kier alpha value is -5.87. The summed E-state index contributed by atoms with van der Waals surface area (Å²) in [5, 5.41) is 7.11. The van der Waals surface area contributed by atoms with Crippen molar-refractivity contribution in [3.63, 3.8) is 0 Å². The van der Waals surface area contributed by atoms with Crippen molar-refractivity contribution in [2.75, 3.05) is 5.32 Å². The van der Waals surface area contributed by atoms with Gasteiger partial charge in [0, 0.05) is 33.0 Å². The van der Waals surface area contributed by atoms with Crippen molar-refractivity contribution in [2.45, 2.75) is 18.9 Å². The molecule has 0 saturated carbocycles. The zero-order chi connectivity index (χ0) is 30.5. The summed E-state index contributed by atoms with van der Waals surface area (Å²) in [6.07, 6.45) is 13.0. The van der Waals surface area contributed by atoms with Crippen LogP contribution >= 0.6 is 0 Å². The van der Waals surface area contributed by atoms with Crippen LogP contribution in [0.5, 0.6) is 0 Å². The van der Waals surface area contributed by atoms with Crippen LogP contribution in [-0.4, -0.2) is 15.0 Å². The first kappa shape index (κ1) is 26.5. The van der Waals surface area contributed by atoms with Crippen molar-refractivity contribution in [1.29, 1.82) is 0 Å². The summed E-state index contributed by atoms with van der Waals surface area (Å²) < 4.78 is 0. The second-order valence-electron chi connectivity index (χ2n) is 12.1. The lowest BCUT2D eigenvalue weighted by atomic mass is 9.96. The van der Waals surface area contributed by atoms with Crippen molar-refractivity contribution in [1.82, 2.24) is 15.0 Å². The van der Waals surface area contributed by atoms with E-state index in [1.165, 1.54) is 16.7 Å². The molecular formula is C42H30N4. The van der Waals surface area contributed by atoms with E-state index in [1.54, 1.807) is 0 Å². The lowest BCUT2D eigenvalue weighted by Gasteiger charge is -2.23. The van der Waals surface area contributed by atoms with Gasteiger partial charge in [0.25, 0.3) is 0 Å². The molecule has 0 fully saturated rings. The number of nitrogens with zero attached hydrogens (tertiary/aromatic N) is 3. The minimum Gasteiger partial charge on any atom is -0.374 e. The summed E-state index contributed by atoms with van der Waals surface area (Å²) >= 11 is 0. The standard InChI is InChI=1S/C42H30N4/c1-2-6-27(7-3-1)37-24-20-32-15-16-33-21-25-38(46-42(33)41(32)45-37)30-12-10-29(11-13-30)36-22-19-31-14-17-34(26-40(31)44-36)39-23-18-28-8-4-5-9-35(28)43-39/h1-2,4-6,8-26,36,44H,3,7H2. The van der Waals surface area contributed by atoms with Crippen LogP contribution in [0.1, 0.15) is 35.7 Å². The second kappa shape index (κ2) is 10.9. The molecule has 3 aromatic heterocycles. The molecule has 1 aliphatic carbocycles. The number of anilines is 1. The Labute approximate surface area is 267 Å². The van der Waals surface area contributed by atoms with Gasteiger partial charge in [0.15, 0.2) is 0 Å². The molecule has 9 rings (SSSR count). The summed E-state index contributed by atoms with van der Waals surface area (Å²) in [6.45, 7) is 0. The normalized spacial score (nSPS) is 15.6. The molecule has 1 aliphatic heterocycles. The molecule has 4 aromatic carbocycles. The van der Waals surface area contributed by atoms with Gasteiger partial charge >= 0.3 is 0 Å². The number of nitrogens with one attached hydrogen (secondary N) is 1. The minimum absolute atomic E-state index is 0.0708. The summed E-state index contributed by atoms with van der Waals surface area (Å²) in [5.74, 6) is 0. The zero-order valence-corrected chi connectivity index (χ0v) is 25.2. The third-order valence-electron chi connectivity index (χ3n) is 9.15. The van der Waals surface area contributed by atoms with Crippen molar-refractivity contribution in [3.8, 4) is 22.5 Å². The number of benzene rings is 4. The Morgan fingerprint density at radius 1 is 0.609 bits per heavy atom. The van der Waals surface area contributed by atoms with Gasteiger partial charge in [-0.15, -0.1) is 0 Å². The van der Waals surface area contributed by atoms with Gasteiger partial charge in [0.2, 0.25) is 0 Å². The van der Waals surface area contributed by atoms with Gasteiger partial charge in [-0.1, -0.05) is 115 Å². The fourth-order valence-corrected chi connectivity index (χ4v) is 6.61. The smallest absolute Gasteiger partial charge is 0.0972 e. The molecule has 7 aromatic rings. The second-order valence-corrected chi connectivity index (χ2v) is 12.1. The van der Waals surface area contributed by atoms with E-state index in [0.29, 0.717) is 0 Å². The van der Waals surface area contributed by atoms with E-state index in [0.717, 1.165) is 79.4 Å². The van der Waals surface area contributed by atoms with E-state index in [4.69, 9.17) is 15.0 Å². The van der Waals surface area contributed by atoms with Crippen molar-refractivity contribution in [3.05, 3.63) is 156 Å². The Balaban J connectivity index is 1.00. The number of para-hydroxylation sites is 1. The maximum atomic E-state index is 5.16. The van der Waals surface area contributed by atoms with Crippen LogP contribution in [0.15, 0.2) is 140 Å². The van der Waals surface area contributed by atoms with Gasteiger partial charge in [-0.05, 0) is 59.9 Å². The molecule has 218 valence electrons. The van der Waals surface area contributed by atoms with Crippen LogP contribution in [0.4, 0.5) is 5.69 Å². The van der Waals surface area contributed by atoms with Crippen LogP contribution in [0.25, 0.3) is 66.9 Å². The predicted molar refractivity (Wildman–Crippen MR) is 191 cm³/mol. The summed E-state index contributed by atoms with van der Waals surface area (Å²) in [7, 11) is 0. The van der Waals surface area contributed by atoms with Gasteiger partial charge in [-0.25, -0.2) is 15.0 Å². The molecule has 0 saturated heterocycles. The molecule has 1 atom stereocenters. The fourth-order valence-electron chi connectivity index (χ4n) is 6.61. The maximum Gasteiger partial charge on any atom is 0.0972 e. The van der Waals surface area contributed by atoms with Crippen LogP contribution in [-0.2, 0) is 0 Å². The average molecular weight is 591 g/mol. The Morgan fingerprint density at radius 2 is 1.30 bits per heavy atom. The zero-order valence-electron chi connectivity index (χ0n) is 25.2. The fraction of sp³-hybridized carbons (Fsp3) is 0.0714. The minimum atomic E-state index is 0.0708. The molecule has 1 unspecified atom stereocenters. The SMILES string of the molecule is C1=CCCC(c2ccc3ccc4ccc(-c5ccc(C6C=Cc7ccc(-c8ccc9ccccc9n8)cc7N6)cc5)nc4c3n2)=C1. The first-order valence-corrected chi connectivity index (χ1v) is 15.9. The third kappa shape index (κ3) is 4.76. The Morgan fingerprint density at radius 3 is 2.11 bits per heavy atom. The van der Waals surface area contributed by atoms with Crippen molar-refractivity contribution < 1.29 is 0 Å². The molecule has 0 bridgehead atoms. The Kier molecular flexibility index (Phi) is 6.31. The van der Waals surface area contributed by atoms with Gasteiger partial charge in [0.1, 0.15) is 0 Å². The molecule has 0 spiro atoms. The first-order chi connectivity index (χ1) is 22.7. The van der Waals surface area contributed by atoms with Gasteiger partial charge < -0.3 is 5.32 Å². The highest BCUT2D eigenvalue weighted by molar-refractivity contribution is 6.04. The molecule has 2 aliphatic rings. The first-order valence-electron chi connectivity index (χ1n) is 15.9. The van der Waals surface area contributed by atoms with Crippen LogP contribution in [0, 0.1) is 0 Å². The molecule has 4 nitrogen and oxygen atoms in total. The molecule has 4 heterocycles. The molecule has 4 heteroatoms.